The molecular weight excluding hydrogens is 1330 g/mol. The molecule has 2 unspecified atom stereocenters. The van der Waals surface area contributed by atoms with Crippen LogP contribution >= 0.6 is 15.6 Å². The third-order valence-electron chi connectivity index (χ3n) is 19.6. The smallest absolute Gasteiger partial charge is 0.462 e. The van der Waals surface area contributed by atoms with Gasteiger partial charge in [-0.25, -0.2) is 9.13 Å². The third kappa shape index (κ3) is 76.3. The number of unbranched alkanes of at least 4 members (excludes halogenated alkanes) is 58. The molecule has 0 heterocycles. The predicted octanol–water partition coefficient (Wildman–Crippen LogP) is 25.4. The summed E-state index contributed by atoms with van der Waals surface area (Å²) in [4.78, 5) is 73.0. The zero-order valence-electron chi connectivity index (χ0n) is 66.6. The Balaban J connectivity index is 5.19. The molecule has 0 radical (unpaired) electrons. The van der Waals surface area contributed by atoms with E-state index in [-0.39, 0.29) is 25.7 Å². The number of rotatable bonds is 84. The Morgan fingerprint density at radius 1 is 0.235 bits per heavy atom. The molecule has 3 N–H and O–H groups in total. The number of ether oxygens (including phenoxy) is 4. The van der Waals surface area contributed by atoms with Crippen LogP contribution in [0.4, 0.5) is 0 Å². The van der Waals surface area contributed by atoms with Crippen molar-refractivity contribution in [2.45, 2.75) is 470 Å². The largest absolute Gasteiger partial charge is 0.472 e. The minimum Gasteiger partial charge on any atom is -0.462 e. The van der Waals surface area contributed by atoms with E-state index in [2.05, 4.69) is 27.7 Å². The maximum Gasteiger partial charge on any atom is 0.472 e. The Morgan fingerprint density at radius 2 is 0.392 bits per heavy atom. The first-order chi connectivity index (χ1) is 49.7. The predicted molar refractivity (Wildman–Crippen MR) is 419 cm³/mol. The van der Waals surface area contributed by atoms with Crippen LogP contribution in [0.5, 0.6) is 0 Å². The van der Waals surface area contributed by atoms with E-state index in [1.54, 1.807) is 0 Å². The molecule has 606 valence electrons. The van der Waals surface area contributed by atoms with Crippen molar-refractivity contribution in [3.63, 3.8) is 0 Å². The van der Waals surface area contributed by atoms with Gasteiger partial charge >= 0.3 is 39.5 Å². The van der Waals surface area contributed by atoms with E-state index in [0.717, 1.165) is 89.9 Å². The van der Waals surface area contributed by atoms with Crippen LogP contribution in [0.2, 0.25) is 0 Å². The number of phosphoric acid groups is 2. The highest BCUT2D eigenvalue weighted by Gasteiger charge is 2.30. The summed E-state index contributed by atoms with van der Waals surface area (Å²) in [6.07, 6.45) is 70.9. The fourth-order valence-electron chi connectivity index (χ4n) is 13.0. The molecule has 0 bridgehead atoms. The van der Waals surface area contributed by atoms with Gasteiger partial charge in [-0.05, 0) is 25.7 Å². The molecule has 17 nitrogen and oxygen atoms in total. The summed E-state index contributed by atoms with van der Waals surface area (Å²) in [5.74, 6) is -2.10. The number of carbonyl (C=O) groups is 4. The molecule has 0 amide bonds. The topological polar surface area (TPSA) is 237 Å². The second-order valence-electron chi connectivity index (χ2n) is 29.9. The molecule has 0 aromatic carbocycles. The Hall–Kier alpha value is -1.94. The van der Waals surface area contributed by atoms with E-state index in [4.69, 9.17) is 37.0 Å². The van der Waals surface area contributed by atoms with Gasteiger partial charge in [0, 0.05) is 25.7 Å². The van der Waals surface area contributed by atoms with Gasteiger partial charge in [0.2, 0.25) is 0 Å². The molecule has 0 rings (SSSR count). The van der Waals surface area contributed by atoms with Crippen LogP contribution in [0.25, 0.3) is 0 Å². The van der Waals surface area contributed by atoms with E-state index >= 15 is 0 Å². The summed E-state index contributed by atoms with van der Waals surface area (Å²) < 4.78 is 68.7. The van der Waals surface area contributed by atoms with Crippen LogP contribution in [-0.2, 0) is 65.4 Å². The maximum atomic E-state index is 13.1. The normalized spacial score (nSPS) is 13.8. The fraction of sp³-hybridized carbons (Fsp3) is 0.952. The summed E-state index contributed by atoms with van der Waals surface area (Å²) in [6, 6.07) is 0. The van der Waals surface area contributed by atoms with Crippen molar-refractivity contribution >= 4 is 39.5 Å². The highest BCUT2D eigenvalue weighted by atomic mass is 31.2. The lowest BCUT2D eigenvalue weighted by Gasteiger charge is -2.21. The Kier molecular flexibility index (Phi) is 75.8. The molecule has 19 heteroatoms. The van der Waals surface area contributed by atoms with Crippen molar-refractivity contribution in [3.8, 4) is 0 Å². The lowest BCUT2D eigenvalue weighted by atomic mass is 10.0. The van der Waals surface area contributed by atoms with Crippen LogP contribution in [0.3, 0.4) is 0 Å². The number of aliphatic hydroxyl groups is 1. The Labute approximate surface area is 626 Å². The Morgan fingerprint density at radius 3 is 0.578 bits per heavy atom. The van der Waals surface area contributed by atoms with Crippen LogP contribution in [0.1, 0.15) is 451 Å². The molecule has 5 atom stereocenters. The average molecular weight is 1490 g/mol. The number of aliphatic hydroxyl groups excluding tert-OH is 1. The van der Waals surface area contributed by atoms with Crippen molar-refractivity contribution in [3.05, 3.63) is 0 Å². The van der Waals surface area contributed by atoms with Crippen molar-refractivity contribution in [2.24, 2.45) is 0 Å². The quantitative estimate of drug-likeness (QED) is 0.0222. The van der Waals surface area contributed by atoms with E-state index in [1.807, 2.05) is 0 Å². The van der Waals surface area contributed by atoms with Gasteiger partial charge in [-0.3, -0.25) is 37.3 Å². The van der Waals surface area contributed by atoms with Crippen molar-refractivity contribution < 1.29 is 80.2 Å². The summed E-state index contributed by atoms with van der Waals surface area (Å²) >= 11 is 0. The van der Waals surface area contributed by atoms with Gasteiger partial charge in [-0.15, -0.1) is 0 Å². The zero-order chi connectivity index (χ0) is 74.6. The van der Waals surface area contributed by atoms with Gasteiger partial charge in [-0.1, -0.05) is 400 Å². The van der Waals surface area contributed by atoms with Gasteiger partial charge in [0.1, 0.15) is 19.3 Å². The van der Waals surface area contributed by atoms with Crippen LogP contribution < -0.4 is 0 Å². The van der Waals surface area contributed by atoms with Crippen LogP contribution in [-0.4, -0.2) is 96.7 Å². The lowest BCUT2D eigenvalue weighted by molar-refractivity contribution is -0.161. The molecule has 102 heavy (non-hydrogen) atoms. The van der Waals surface area contributed by atoms with Gasteiger partial charge < -0.3 is 33.8 Å². The Bertz CT molecular complexity index is 1930. The standard InChI is InChI=1S/C83H162O17P2/c1-5-9-13-17-21-25-28-31-34-37-39-41-44-46-49-52-56-60-64-68-81(86)94-74-79(100-83(88)70-66-62-58-54-51-48-45-42-40-38-35-32-29-26-22-18-14-10-6-2)76-98-102(91,92)96-72-77(84)71-95-101(89,90)97-75-78(73-93-80(85)67-63-59-55-24-20-16-12-8-4)99-82(87)69-65-61-57-53-50-47-43-36-33-30-27-23-19-15-11-7-3/h77-79,84H,5-76H2,1-4H3,(H,89,90)(H,91,92)/t77-,78+,79+/m0/s1. The minimum atomic E-state index is -4.96. The van der Waals surface area contributed by atoms with E-state index < -0.39 is 97.5 Å². The SMILES string of the molecule is CCCCCCCCCCCCCCCCCCCCCC(=O)OC[C@H](COP(=O)(O)OC[C@@H](O)COP(=O)(O)OC[C@@H](COC(=O)CCCCCCCCCC)OC(=O)CCCCCCCCCCCCCCCCCC)OC(=O)CCCCCCCCCCCCCCCCCCCCC. The third-order valence-corrected chi connectivity index (χ3v) is 21.5. The van der Waals surface area contributed by atoms with Crippen molar-refractivity contribution in [1.29, 1.82) is 0 Å². The molecule has 0 spiro atoms. The lowest BCUT2D eigenvalue weighted by Crippen LogP contribution is -2.30. The summed E-state index contributed by atoms with van der Waals surface area (Å²) in [7, 11) is -9.92. The first-order valence-corrected chi connectivity index (χ1v) is 46.3. The molecule has 0 saturated heterocycles. The summed E-state index contributed by atoms with van der Waals surface area (Å²) in [5.41, 5.74) is 0. The number of esters is 4. The van der Waals surface area contributed by atoms with E-state index in [0.29, 0.717) is 25.7 Å². The van der Waals surface area contributed by atoms with Crippen molar-refractivity contribution in [2.75, 3.05) is 39.6 Å². The molecule has 0 aliphatic heterocycles. The first-order valence-electron chi connectivity index (χ1n) is 43.3. The molecule has 0 aromatic rings. The van der Waals surface area contributed by atoms with Gasteiger partial charge in [-0.2, -0.15) is 0 Å². The minimum absolute atomic E-state index is 0.109. The number of phosphoric ester groups is 2. The van der Waals surface area contributed by atoms with Crippen LogP contribution in [0, 0.1) is 0 Å². The van der Waals surface area contributed by atoms with Gasteiger partial charge in [0.15, 0.2) is 12.2 Å². The zero-order valence-corrected chi connectivity index (χ0v) is 68.4. The van der Waals surface area contributed by atoms with E-state index in [9.17, 15) is 43.2 Å². The van der Waals surface area contributed by atoms with Gasteiger partial charge in [0.25, 0.3) is 0 Å². The summed E-state index contributed by atoms with van der Waals surface area (Å²) in [5, 5.41) is 10.6. The second-order valence-corrected chi connectivity index (χ2v) is 32.8. The monoisotopic (exact) mass is 1490 g/mol. The molecule has 0 saturated carbocycles. The molecule has 0 aliphatic rings. The molecule has 0 fully saturated rings. The maximum absolute atomic E-state index is 13.1. The number of hydrogen-bond acceptors (Lipinski definition) is 15. The molecule has 0 aliphatic carbocycles. The summed E-state index contributed by atoms with van der Waals surface area (Å²) in [6.45, 7) is 5.02. The average Bonchev–Trinajstić information content (AvgIpc) is 0.968. The number of carbonyl (C=O) groups excluding carboxylic acids is 4. The second kappa shape index (κ2) is 77.2. The van der Waals surface area contributed by atoms with Crippen LogP contribution in [0.15, 0.2) is 0 Å². The fourth-order valence-corrected chi connectivity index (χ4v) is 14.6. The molecule has 0 aromatic heterocycles. The highest BCUT2D eigenvalue weighted by Crippen LogP contribution is 2.45. The number of hydrogen-bond donors (Lipinski definition) is 3. The van der Waals surface area contributed by atoms with Crippen molar-refractivity contribution in [1.82, 2.24) is 0 Å². The van der Waals surface area contributed by atoms with E-state index in [1.165, 1.54) is 283 Å². The van der Waals surface area contributed by atoms with Gasteiger partial charge in [0.05, 0.1) is 26.4 Å². The molecular formula is C83H162O17P2. The first kappa shape index (κ1) is 100. The highest BCUT2D eigenvalue weighted by molar-refractivity contribution is 7.47.